The van der Waals surface area contributed by atoms with Crippen molar-refractivity contribution in [1.29, 1.82) is 0 Å². The van der Waals surface area contributed by atoms with Crippen molar-refractivity contribution < 1.29 is 4.52 Å². The summed E-state index contributed by atoms with van der Waals surface area (Å²) in [6.45, 7) is 2.18. The van der Waals surface area contributed by atoms with Gasteiger partial charge in [-0.05, 0) is 19.3 Å². The van der Waals surface area contributed by atoms with Gasteiger partial charge in [-0.2, -0.15) is 0 Å². The van der Waals surface area contributed by atoms with Crippen LogP contribution in [0.1, 0.15) is 19.3 Å². The maximum atomic E-state index is 4.66. The number of anilines is 1. The molecule has 1 aliphatic heterocycles. The van der Waals surface area contributed by atoms with Crippen LogP contribution in [-0.2, 0) is 0 Å². The molecule has 11 heavy (non-hydrogen) atoms. The summed E-state index contributed by atoms with van der Waals surface area (Å²) in [5, 5.41) is 7.28. The molecule has 1 saturated heterocycles. The summed E-state index contributed by atoms with van der Waals surface area (Å²) in [6.07, 6.45) is 5.45. The van der Waals surface area contributed by atoms with Gasteiger partial charge in [0.15, 0.2) is 12.1 Å². The second-order valence-corrected chi connectivity index (χ2v) is 2.81. The van der Waals surface area contributed by atoms with Gasteiger partial charge in [-0.3, -0.25) is 0 Å². The number of aromatic nitrogens is 2. The molecule has 60 valence electrons. The normalized spacial score (nSPS) is 18.7. The third kappa shape index (κ3) is 1.34. The zero-order valence-corrected chi connectivity index (χ0v) is 6.36. The lowest BCUT2D eigenvalue weighted by Gasteiger charge is -2.25. The monoisotopic (exact) mass is 153 g/mol. The molecule has 0 amide bonds. The van der Waals surface area contributed by atoms with E-state index in [1.165, 1.54) is 19.3 Å². The average molecular weight is 153 g/mol. The summed E-state index contributed by atoms with van der Waals surface area (Å²) in [7, 11) is 0. The van der Waals surface area contributed by atoms with Gasteiger partial charge in [0, 0.05) is 18.4 Å². The van der Waals surface area contributed by atoms with E-state index in [0.29, 0.717) is 0 Å². The molecular weight excluding hydrogens is 142 g/mol. The first-order valence-corrected chi connectivity index (χ1v) is 3.99. The summed E-state index contributed by atoms with van der Waals surface area (Å²) in [5.41, 5.74) is 0. The van der Waals surface area contributed by atoms with E-state index < -0.39 is 0 Å². The fraction of sp³-hybridized carbons (Fsp3) is 0.714. The van der Waals surface area contributed by atoms with Crippen LogP contribution in [0.25, 0.3) is 0 Å². The Hall–Kier alpha value is -1.06. The van der Waals surface area contributed by atoms with Crippen molar-refractivity contribution in [2.24, 2.45) is 0 Å². The lowest BCUT2D eigenvalue weighted by Crippen LogP contribution is -2.29. The Kier molecular flexibility index (Phi) is 1.75. The minimum absolute atomic E-state index is 0.879. The van der Waals surface area contributed by atoms with Crippen molar-refractivity contribution in [3.8, 4) is 0 Å². The predicted octanol–water partition coefficient (Wildman–Crippen LogP) is 1.06. The third-order valence-corrected chi connectivity index (χ3v) is 2.03. The fourth-order valence-electron chi connectivity index (χ4n) is 1.42. The highest BCUT2D eigenvalue weighted by atomic mass is 16.5. The molecule has 0 saturated carbocycles. The van der Waals surface area contributed by atoms with Crippen LogP contribution < -0.4 is 4.90 Å². The Labute approximate surface area is 65.2 Å². The number of rotatable bonds is 1. The molecule has 4 heteroatoms. The third-order valence-electron chi connectivity index (χ3n) is 2.03. The zero-order valence-electron chi connectivity index (χ0n) is 6.36. The number of nitrogens with zero attached hydrogens (tertiary/aromatic N) is 3. The molecule has 1 aromatic rings. The van der Waals surface area contributed by atoms with E-state index in [-0.39, 0.29) is 0 Å². The van der Waals surface area contributed by atoms with Crippen molar-refractivity contribution in [1.82, 2.24) is 10.4 Å². The molecule has 1 aromatic heterocycles. The quantitative estimate of drug-likeness (QED) is 0.605. The Morgan fingerprint density at radius 3 is 2.73 bits per heavy atom. The van der Waals surface area contributed by atoms with E-state index in [1.54, 1.807) is 6.26 Å². The van der Waals surface area contributed by atoms with Crippen LogP contribution in [0.3, 0.4) is 0 Å². The predicted molar refractivity (Wildman–Crippen MR) is 40.4 cm³/mol. The Morgan fingerprint density at radius 2 is 2.09 bits per heavy atom. The van der Waals surface area contributed by atoms with Gasteiger partial charge in [0.1, 0.15) is 0 Å². The summed E-state index contributed by atoms with van der Waals surface area (Å²) < 4.78 is 4.66. The summed E-state index contributed by atoms with van der Waals surface area (Å²) in [6, 6.07) is 0. The van der Waals surface area contributed by atoms with E-state index in [2.05, 4.69) is 19.8 Å². The number of hydrogen-bond acceptors (Lipinski definition) is 4. The van der Waals surface area contributed by atoms with Gasteiger partial charge in [0.25, 0.3) is 0 Å². The van der Waals surface area contributed by atoms with Crippen molar-refractivity contribution in [3.05, 3.63) is 6.26 Å². The maximum absolute atomic E-state index is 4.66. The molecule has 0 aliphatic carbocycles. The van der Waals surface area contributed by atoms with Gasteiger partial charge in [0.05, 0.1) is 0 Å². The second kappa shape index (κ2) is 2.90. The highest BCUT2D eigenvalue weighted by Gasteiger charge is 2.12. The lowest BCUT2D eigenvalue weighted by molar-refractivity contribution is 0.393. The van der Waals surface area contributed by atoms with Crippen molar-refractivity contribution in [2.75, 3.05) is 18.0 Å². The molecule has 0 spiro atoms. The van der Waals surface area contributed by atoms with Crippen LogP contribution in [-0.4, -0.2) is 23.5 Å². The first-order chi connectivity index (χ1) is 5.47. The van der Waals surface area contributed by atoms with E-state index in [0.717, 1.165) is 18.9 Å². The summed E-state index contributed by atoms with van der Waals surface area (Å²) in [5.74, 6) is 0.879. The molecule has 0 aromatic carbocycles. The van der Waals surface area contributed by atoms with Crippen LogP contribution in [0.15, 0.2) is 10.8 Å². The van der Waals surface area contributed by atoms with Gasteiger partial charge >= 0.3 is 0 Å². The van der Waals surface area contributed by atoms with Gasteiger partial charge in [-0.25, -0.2) is 0 Å². The fourth-order valence-corrected chi connectivity index (χ4v) is 1.42. The topological polar surface area (TPSA) is 42.2 Å². The van der Waals surface area contributed by atoms with Gasteiger partial charge in [-0.1, -0.05) is 5.10 Å². The highest BCUT2D eigenvalue weighted by molar-refractivity contribution is 5.33. The lowest BCUT2D eigenvalue weighted by atomic mass is 10.1. The first-order valence-electron chi connectivity index (χ1n) is 3.99. The van der Waals surface area contributed by atoms with Crippen LogP contribution in [0.2, 0.25) is 0 Å². The van der Waals surface area contributed by atoms with Crippen LogP contribution in [0, 0.1) is 0 Å². The molecule has 1 fully saturated rings. The number of piperidine rings is 1. The molecule has 0 N–H and O–H groups in total. The van der Waals surface area contributed by atoms with E-state index in [9.17, 15) is 0 Å². The standard InChI is InChI=1S/C7H11N3O/c1-2-4-10(5-3-1)7-6-11-9-8-7/h6H,1-5H2. The van der Waals surface area contributed by atoms with E-state index in [1.807, 2.05) is 0 Å². The van der Waals surface area contributed by atoms with Crippen LogP contribution >= 0.6 is 0 Å². The van der Waals surface area contributed by atoms with Gasteiger partial charge in [0.2, 0.25) is 0 Å². The van der Waals surface area contributed by atoms with E-state index >= 15 is 0 Å². The minimum atomic E-state index is 0.879. The van der Waals surface area contributed by atoms with Crippen molar-refractivity contribution in [3.63, 3.8) is 0 Å². The molecule has 0 bridgehead atoms. The van der Waals surface area contributed by atoms with Crippen molar-refractivity contribution >= 4 is 5.82 Å². The SMILES string of the molecule is c1onnc1N1CCCCC1. The second-order valence-electron chi connectivity index (χ2n) is 2.81. The molecule has 2 heterocycles. The van der Waals surface area contributed by atoms with Crippen molar-refractivity contribution in [2.45, 2.75) is 19.3 Å². The number of hydrogen-bond donors (Lipinski definition) is 0. The van der Waals surface area contributed by atoms with E-state index in [4.69, 9.17) is 0 Å². The van der Waals surface area contributed by atoms with Crippen LogP contribution in [0.5, 0.6) is 0 Å². The zero-order chi connectivity index (χ0) is 7.52. The van der Waals surface area contributed by atoms with Gasteiger partial charge < -0.3 is 9.42 Å². The Bertz CT molecular complexity index is 203. The molecular formula is C7H11N3O. The van der Waals surface area contributed by atoms with Gasteiger partial charge in [-0.15, -0.1) is 0 Å². The molecule has 0 atom stereocenters. The molecule has 4 nitrogen and oxygen atoms in total. The summed E-state index contributed by atoms with van der Waals surface area (Å²) >= 11 is 0. The first kappa shape index (κ1) is 6.64. The molecule has 2 rings (SSSR count). The summed E-state index contributed by atoms with van der Waals surface area (Å²) in [4.78, 5) is 2.21. The molecule has 0 unspecified atom stereocenters. The smallest absolute Gasteiger partial charge is 0.192 e. The molecule has 1 aliphatic rings. The molecule has 0 radical (unpaired) electrons. The minimum Gasteiger partial charge on any atom is -0.352 e. The Balaban J connectivity index is 2.04. The van der Waals surface area contributed by atoms with Crippen LogP contribution in [0.4, 0.5) is 5.82 Å². The average Bonchev–Trinajstić information content (AvgIpc) is 2.58. The largest absolute Gasteiger partial charge is 0.352 e. The Morgan fingerprint density at radius 1 is 1.27 bits per heavy atom. The highest BCUT2D eigenvalue weighted by Crippen LogP contribution is 2.15. The maximum Gasteiger partial charge on any atom is 0.192 e.